The van der Waals surface area contributed by atoms with Gasteiger partial charge in [-0.1, -0.05) is 0 Å². The first-order valence-corrected chi connectivity index (χ1v) is 8.54. The maximum absolute atomic E-state index is 12.4. The van der Waals surface area contributed by atoms with Crippen LogP contribution < -0.4 is 5.32 Å². The van der Waals surface area contributed by atoms with Crippen molar-refractivity contribution in [3.63, 3.8) is 0 Å². The summed E-state index contributed by atoms with van der Waals surface area (Å²) in [5, 5.41) is 3.34. The fraction of sp³-hybridized carbons (Fsp3) is 0.571. The van der Waals surface area contributed by atoms with E-state index in [9.17, 15) is 9.59 Å². The molecule has 1 aromatic heterocycles. The molecule has 1 N–H and O–H groups in total. The fourth-order valence-corrected chi connectivity index (χ4v) is 3.77. The van der Waals surface area contributed by atoms with E-state index in [0.29, 0.717) is 11.4 Å². The van der Waals surface area contributed by atoms with E-state index in [2.05, 4.69) is 28.2 Å². The molecule has 1 aliphatic rings. The molecular weight excluding hydrogens is 390 g/mol. The van der Waals surface area contributed by atoms with E-state index in [1.165, 1.54) is 16.2 Å². The quantitative estimate of drug-likeness (QED) is 0.831. The summed E-state index contributed by atoms with van der Waals surface area (Å²) in [6.45, 7) is 5.71. The van der Waals surface area contributed by atoms with Crippen LogP contribution in [0, 0.1) is 0 Å². The normalized spacial score (nSPS) is 21.2. The third kappa shape index (κ3) is 4.44. The topological polar surface area (TPSA) is 52.7 Å². The summed E-state index contributed by atoms with van der Waals surface area (Å²) in [6.07, 6.45) is 0. The van der Waals surface area contributed by atoms with Crippen molar-refractivity contribution >= 4 is 51.5 Å². The maximum Gasteiger partial charge on any atom is 0.264 e. The number of thiophene rings is 1. The van der Waals surface area contributed by atoms with Gasteiger partial charge in [-0.25, -0.2) is 0 Å². The number of nitrogens with zero attached hydrogens (tertiary/aromatic N) is 2. The third-order valence-corrected chi connectivity index (χ3v) is 5.47. The van der Waals surface area contributed by atoms with Crippen LogP contribution in [0.5, 0.6) is 0 Å². The average Bonchev–Trinajstić information content (AvgIpc) is 2.87. The molecular formula is C14H21BrClN3O2S. The van der Waals surface area contributed by atoms with Crippen LogP contribution in [0.2, 0.25) is 0 Å². The molecule has 1 aromatic rings. The molecule has 2 amide bonds. The number of hydrogen-bond donors (Lipinski definition) is 1. The van der Waals surface area contributed by atoms with Crippen molar-refractivity contribution in [3.05, 3.63) is 20.8 Å². The molecule has 1 aliphatic heterocycles. The first kappa shape index (κ1) is 19.4. The van der Waals surface area contributed by atoms with Gasteiger partial charge in [-0.3, -0.25) is 9.59 Å². The Morgan fingerprint density at radius 2 is 2.14 bits per heavy atom. The van der Waals surface area contributed by atoms with Crippen molar-refractivity contribution in [3.8, 4) is 0 Å². The second kappa shape index (κ2) is 8.29. The predicted octanol–water partition coefficient (Wildman–Crippen LogP) is 2.21. The molecule has 2 unspecified atom stereocenters. The van der Waals surface area contributed by atoms with Crippen molar-refractivity contribution in [2.75, 3.05) is 26.7 Å². The summed E-state index contributed by atoms with van der Waals surface area (Å²) in [5.74, 6) is -0.114. The number of carbonyl (C=O) groups is 2. The van der Waals surface area contributed by atoms with Crippen molar-refractivity contribution < 1.29 is 9.59 Å². The summed E-state index contributed by atoms with van der Waals surface area (Å²) in [4.78, 5) is 28.6. The number of halogens is 2. The molecule has 5 nitrogen and oxygen atoms in total. The summed E-state index contributed by atoms with van der Waals surface area (Å²) < 4.78 is 0.912. The number of carbonyl (C=O) groups excluding carboxylic acids is 2. The van der Waals surface area contributed by atoms with Crippen LogP contribution in [0.15, 0.2) is 15.9 Å². The van der Waals surface area contributed by atoms with E-state index in [1.54, 1.807) is 13.1 Å². The lowest BCUT2D eigenvalue weighted by Gasteiger charge is -2.39. The molecule has 0 saturated carbocycles. The third-order valence-electron chi connectivity index (χ3n) is 3.86. The minimum Gasteiger partial charge on any atom is -0.336 e. The highest BCUT2D eigenvalue weighted by molar-refractivity contribution is 9.11. The van der Waals surface area contributed by atoms with Crippen molar-refractivity contribution in [1.82, 2.24) is 15.1 Å². The number of likely N-dealkylation sites (N-methyl/N-ethyl adjacent to an activating group) is 1. The van der Waals surface area contributed by atoms with Crippen LogP contribution in [0.4, 0.5) is 0 Å². The van der Waals surface area contributed by atoms with Gasteiger partial charge in [0.15, 0.2) is 0 Å². The van der Waals surface area contributed by atoms with Gasteiger partial charge in [0.1, 0.15) is 0 Å². The molecule has 0 aliphatic carbocycles. The predicted molar refractivity (Wildman–Crippen MR) is 94.9 cm³/mol. The minimum atomic E-state index is -0.116. The van der Waals surface area contributed by atoms with Gasteiger partial charge in [-0.05, 0) is 41.9 Å². The number of rotatable bonds is 3. The van der Waals surface area contributed by atoms with Gasteiger partial charge in [-0.15, -0.1) is 23.7 Å². The summed E-state index contributed by atoms with van der Waals surface area (Å²) in [7, 11) is 1.67. The van der Waals surface area contributed by atoms with Gasteiger partial charge in [-0.2, -0.15) is 0 Å². The second-order valence-electron chi connectivity index (χ2n) is 5.34. The molecule has 2 atom stereocenters. The van der Waals surface area contributed by atoms with Gasteiger partial charge in [0.05, 0.1) is 15.2 Å². The zero-order valence-electron chi connectivity index (χ0n) is 12.8. The van der Waals surface area contributed by atoms with Gasteiger partial charge >= 0.3 is 0 Å². The molecule has 0 bridgehead atoms. The molecule has 2 rings (SSSR count). The van der Waals surface area contributed by atoms with Crippen LogP contribution in [-0.4, -0.2) is 60.4 Å². The van der Waals surface area contributed by atoms with Crippen molar-refractivity contribution in [2.45, 2.75) is 25.9 Å². The minimum absolute atomic E-state index is 0. The van der Waals surface area contributed by atoms with E-state index in [-0.39, 0.29) is 42.8 Å². The Morgan fingerprint density at radius 3 is 2.73 bits per heavy atom. The first-order chi connectivity index (χ1) is 9.90. The fourth-order valence-electron chi connectivity index (χ4n) is 2.39. The Bertz CT molecular complexity index is 540. The summed E-state index contributed by atoms with van der Waals surface area (Å²) >= 11 is 4.72. The van der Waals surface area contributed by atoms with Crippen LogP contribution >= 0.6 is 39.7 Å². The van der Waals surface area contributed by atoms with Gasteiger partial charge in [0.25, 0.3) is 5.91 Å². The Labute approximate surface area is 149 Å². The monoisotopic (exact) mass is 409 g/mol. The molecule has 1 fully saturated rings. The number of amides is 2. The van der Waals surface area contributed by atoms with E-state index in [1.807, 2.05) is 17.9 Å². The second-order valence-corrected chi connectivity index (χ2v) is 7.80. The molecule has 0 aromatic carbocycles. The standard InChI is InChI=1S/C14H20BrN3O2S.ClH/c1-9-10(2)18(7-6-16-9)13(19)8-17(3)14(20)11-4-5-12(15)21-11;/h4-5,9-10,16H,6-8H2,1-3H3;1H. The molecule has 0 spiro atoms. The van der Waals surface area contributed by atoms with Gasteiger partial charge in [0, 0.05) is 32.2 Å². The zero-order chi connectivity index (χ0) is 15.6. The highest BCUT2D eigenvalue weighted by atomic mass is 79.9. The number of hydrogen-bond acceptors (Lipinski definition) is 4. The Morgan fingerprint density at radius 1 is 1.45 bits per heavy atom. The van der Waals surface area contributed by atoms with E-state index in [4.69, 9.17) is 0 Å². The Hall–Kier alpha value is -0.630. The molecule has 2 heterocycles. The van der Waals surface area contributed by atoms with E-state index < -0.39 is 0 Å². The van der Waals surface area contributed by atoms with Crippen LogP contribution in [-0.2, 0) is 4.79 Å². The first-order valence-electron chi connectivity index (χ1n) is 6.94. The van der Waals surface area contributed by atoms with Gasteiger partial charge < -0.3 is 15.1 Å². The number of piperazine rings is 1. The molecule has 1 saturated heterocycles. The summed E-state index contributed by atoms with van der Waals surface area (Å²) in [5.41, 5.74) is 0. The van der Waals surface area contributed by atoms with Crippen molar-refractivity contribution in [1.29, 1.82) is 0 Å². The zero-order valence-corrected chi connectivity index (χ0v) is 16.1. The van der Waals surface area contributed by atoms with E-state index in [0.717, 1.165) is 10.3 Å². The average molecular weight is 411 g/mol. The Kier molecular flexibility index (Phi) is 7.31. The highest BCUT2D eigenvalue weighted by Crippen LogP contribution is 2.23. The van der Waals surface area contributed by atoms with Gasteiger partial charge in [0.2, 0.25) is 5.91 Å². The smallest absolute Gasteiger partial charge is 0.264 e. The maximum atomic E-state index is 12.4. The Balaban J connectivity index is 0.00000242. The molecule has 124 valence electrons. The van der Waals surface area contributed by atoms with Crippen molar-refractivity contribution in [2.24, 2.45) is 0 Å². The van der Waals surface area contributed by atoms with Crippen LogP contribution in [0.3, 0.4) is 0 Å². The van der Waals surface area contributed by atoms with Crippen LogP contribution in [0.1, 0.15) is 23.5 Å². The largest absolute Gasteiger partial charge is 0.336 e. The molecule has 0 radical (unpaired) electrons. The lowest BCUT2D eigenvalue weighted by Crippen LogP contribution is -2.58. The molecule has 22 heavy (non-hydrogen) atoms. The lowest BCUT2D eigenvalue weighted by atomic mass is 10.1. The lowest BCUT2D eigenvalue weighted by molar-refractivity contribution is -0.135. The molecule has 8 heteroatoms. The SMILES string of the molecule is CC1NCCN(C(=O)CN(C)C(=O)c2ccc(Br)s2)C1C.Cl. The van der Waals surface area contributed by atoms with E-state index >= 15 is 0 Å². The summed E-state index contributed by atoms with van der Waals surface area (Å²) in [6, 6.07) is 4.03. The van der Waals surface area contributed by atoms with Crippen LogP contribution in [0.25, 0.3) is 0 Å². The highest BCUT2D eigenvalue weighted by Gasteiger charge is 2.29. The number of nitrogens with one attached hydrogen (secondary N) is 1.